The van der Waals surface area contributed by atoms with Crippen LogP contribution in [0.25, 0.3) is 23.0 Å². The van der Waals surface area contributed by atoms with Gasteiger partial charge in [-0.25, -0.2) is 9.78 Å². The number of ether oxygens (including phenoxy) is 1. The maximum atomic E-state index is 11.7. The average molecular weight is 320 g/mol. The van der Waals surface area contributed by atoms with E-state index in [1.165, 1.54) is 11.6 Å². The van der Waals surface area contributed by atoms with E-state index in [0.29, 0.717) is 6.61 Å². The van der Waals surface area contributed by atoms with Gasteiger partial charge in [-0.1, -0.05) is 29.8 Å². The van der Waals surface area contributed by atoms with Gasteiger partial charge in [-0.3, -0.25) is 4.40 Å². The number of fused-ring (bicyclic) bond motifs is 1. The van der Waals surface area contributed by atoms with E-state index in [2.05, 4.69) is 19.1 Å². The molecule has 0 amide bonds. The number of carbonyl (C=O) groups is 1. The van der Waals surface area contributed by atoms with Gasteiger partial charge in [0, 0.05) is 17.8 Å². The SMILES string of the molecule is CCOC(=O)C=Cc1c(-c2ccc(C)cc2)nc2cc(C)ccn12. The molecule has 0 unspecified atom stereocenters. The van der Waals surface area contributed by atoms with Crippen LogP contribution in [0.5, 0.6) is 0 Å². The predicted molar refractivity (Wildman–Crippen MR) is 95.8 cm³/mol. The highest BCUT2D eigenvalue weighted by molar-refractivity contribution is 5.88. The first-order valence-corrected chi connectivity index (χ1v) is 7.99. The van der Waals surface area contributed by atoms with Crippen molar-refractivity contribution in [3.05, 3.63) is 65.5 Å². The molecule has 0 aliphatic rings. The molecule has 0 N–H and O–H groups in total. The molecule has 0 atom stereocenters. The smallest absolute Gasteiger partial charge is 0.330 e. The van der Waals surface area contributed by atoms with Crippen LogP contribution in [0.2, 0.25) is 0 Å². The van der Waals surface area contributed by atoms with Crippen molar-refractivity contribution < 1.29 is 9.53 Å². The number of hydrogen-bond acceptors (Lipinski definition) is 3. The van der Waals surface area contributed by atoms with E-state index in [4.69, 9.17) is 9.72 Å². The van der Waals surface area contributed by atoms with Gasteiger partial charge in [-0.2, -0.15) is 0 Å². The Bertz CT molecular complexity index is 905. The minimum Gasteiger partial charge on any atom is -0.463 e. The Morgan fingerprint density at radius 1 is 1.17 bits per heavy atom. The van der Waals surface area contributed by atoms with Crippen molar-refractivity contribution in [2.45, 2.75) is 20.8 Å². The molecule has 122 valence electrons. The second-order valence-electron chi connectivity index (χ2n) is 5.73. The summed E-state index contributed by atoms with van der Waals surface area (Å²) in [7, 11) is 0. The number of rotatable bonds is 4. The molecule has 3 aromatic rings. The first kappa shape index (κ1) is 16.0. The summed E-state index contributed by atoms with van der Waals surface area (Å²) >= 11 is 0. The third-order valence-corrected chi connectivity index (χ3v) is 3.81. The largest absolute Gasteiger partial charge is 0.463 e. The molecule has 3 rings (SSSR count). The lowest BCUT2D eigenvalue weighted by Gasteiger charge is -2.02. The van der Waals surface area contributed by atoms with Crippen LogP contribution in [0.4, 0.5) is 0 Å². The highest BCUT2D eigenvalue weighted by Crippen LogP contribution is 2.26. The average Bonchev–Trinajstić information content (AvgIpc) is 2.91. The van der Waals surface area contributed by atoms with E-state index in [1.807, 2.05) is 41.8 Å². The molecule has 2 heterocycles. The van der Waals surface area contributed by atoms with Crippen LogP contribution in [0.1, 0.15) is 23.7 Å². The molecule has 4 heteroatoms. The Balaban J connectivity index is 2.14. The summed E-state index contributed by atoms with van der Waals surface area (Å²) in [5.41, 5.74) is 5.92. The van der Waals surface area contributed by atoms with Crippen LogP contribution in [0.15, 0.2) is 48.7 Å². The zero-order chi connectivity index (χ0) is 17.1. The van der Waals surface area contributed by atoms with Crippen molar-refractivity contribution in [2.75, 3.05) is 6.61 Å². The lowest BCUT2D eigenvalue weighted by atomic mass is 10.1. The fourth-order valence-electron chi connectivity index (χ4n) is 2.59. The zero-order valence-electron chi connectivity index (χ0n) is 14.1. The Labute approximate surface area is 141 Å². The number of aryl methyl sites for hydroxylation is 2. The molecule has 0 fully saturated rings. The van der Waals surface area contributed by atoms with Crippen LogP contribution >= 0.6 is 0 Å². The number of benzene rings is 1. The van der Waals surface area contributed by atoms with Crippen LogP contribution in [-0.2, 0) is 9.53 Å². The number of imidazole rings is 1. The maximum Gasteiger partial charge on any atom is 0.330 e. The summed E-state index contributed by atoms with van der Waals surface area (Å²) < 4.78 is 6.96. The van der Waals surface area contributed by atoms with Crippen molar-refractivity contribution in [1.29, 1.82) is 0 Å². The molecule has 0 radical (unpaired) electrons. The number of hydrogen-bond donors (Lipinski definition) is 0. The third kappa shape index (κ3) is 3.23. The van der Waals surface area contributed by atoms with Crippen molar-refractivity contribution in [1.82, 2.24) is 9.38 Å². The van der Waals surface area contributed by atoms with Gasteiger partial charge in [-0.05, 0) is 44.5 Å². The molecular formula is C20H20N2O2. The Kier molecular flexibility index (Phi) is 4.47. The molecule has 0 aliphatic heterocycles. The summed E-state index contributed by atoms with van der Waals surface area (Å²) in [6.45, 7) is 6.24. The maximum absolute atomic E-state index is 11.7. The highest BCUT2D eigenvalue weighted by atomic mass is 16.5. The van der Waals surface area contributed by atoms with Gasteiger partial charge in [0.15, 0.2) is 0 Å². The molecule has 0 saturated heterocycles. The zero-order valence-corrected chi connectivity index (χ0v) is 14.1. The van der Waals surface area contributed by atoms with Crippen LogP contribution < -0.4 is 0 Å². The van der Waals surface area contributed by atoms with E-state index >= 15 is 0 Å². The Morgan fingerprint density at radius 3 is 2.62 bits per heavy atom. The molecular weight excluding hydrogens is 300 g/mol. The van der Waals surface area contributed by atoms with E-state index in [1.54, 1.807) is 13.0 Å². The quantitative estimate of drug-likeness (QED) is 0.534. The third-order valence-electron chi connectivity index (χ3n) is 3.81. The van der Waals surface area contributed by atoms with E-state index in [0.717, 1.165) is 28.2 Å². The fraction of sp³-hybridized carbons (Fsp3) is 0.200. The van der Waals surface area contributed by atoms with Gasteiger partial charge in [0.05, 0.1) is 18.0 Å². The van der Waals surface area contributed by atoms with Gasteiger partial charge in [0.2, 0.25) is 0 Å². The van der Waals surface area contributed by atoms with Gasteiger partial charge in [-0.15, -0.1) is 0 Å². The summed E-state index contributed by atoms with van der Waals surface area (Å²) in [6.07, 6.45) is 5.19. The van der Waals surface area contributed by atoms with Crippen LogP contribution in [0.3, 0.4) is 0 Å². The van der Waals surface area contributed by atoms with E-state index < -0.39 is 0 Å². The van der Waals surface area contributed by atoms with Gasteiger partial charge >= 0.3 is 5.97 Å². The van der Waals surface area contributed by atoms with E-state index in [-0.39, 0.29) is 5.97 Å². The second kappa shape index (κ2) is 6.71. The van der Waals surface area contributed by atoms with Crippen molar-refractivity contribution in [3.63, 3.8) is 0 Å². The molecule has 1 aromatic carbocycles. The Hall–Kier alpha value is -2.88. The number of esters is 1. The lowest BCUT2D eigenvalue weighted by Crippen LogP contribution is -1.99. The van der Waals surface area contributed by atoms with Gasteiger partial charge < -0.3 is 4.74 Å². The normalized spacial score (nSPS) is 11.3. The molecule has 24 heavy (non-hydrogen) atoms. The Morgan fingerprint density at radius 2 is 1.92 bits per heavy atom. The summed E-state index contributed by atoms with van der Waals surface area (Å²) in [4.78, 5) is 16.4. The van der Waals surface area contributed by atoms with Crippen LogP contribution in [0, 0.1) is 13.8 Å². The summed E-state index contributed by atoms with van der Waals surface area (Å²) in [5, 5.41) is 0. The standard InChI is InChI=1S/C20H20N2O2/c1-4-24-19(23)10-9-17-20(16-7-5-14(2)6-8-16)21-18-13-15(3)11-12-22(17)18/h5-13H,4H2,1-3H3. The fourth-order valence-corrected chi connectivity index (χ4v) is 2.59. The van der Waals surface area contributed by atoms with Crippen molar-refractivity contribution in [3.8, 4) is 11.3 Å². The monoisotopic (exact) mass is 320 g/mol. The number of nitrogens with zero attached hydrogens (tertiary/aromatic N) is 2. The van der Waals surface area contributed by atoms with Gasteiger partial charge in [0.25, 0.3) is 0 Å². The topological polar surface area (TPSA) is 43.6 Å². The van der Waals surface area contributed by atoms with Crippen LogP contribution in [-0.4, -0.2) is 22.0 Å². The lowest BCUT2D eigenvalue weighted by molar-refractivity contribution is -0.137. The molecule has 0 bridgehead atoms. The highest BCUT2D eigenvalue weighted by Gasteiger charge is 2.12. The summed E-state index contributed by atoms with van der Waals surface area (Å²) in [6, 6.07) is 12.3. The molecule has 2 aromatic heterocycles. The minimum absolute atomic E-state index is 0.352. The minimum atomic E-state index is -0.352. The second-order valence-corrected chi connectivity index (χ2v) is 5.73. The van der Waals surface area contributed by atoms with Crippen molar-refractivity contribution in [2.24, 2.45) is 0 Å². The number of carbonyl (C=O) groups excluding carboxylic acids is 1. The number of aromatic nitrogens is 2. The number of pyridine rings is 1. The molecule has 4 nitrogen and oxygen atoms in total. The van der Waals surface area contributed by atoms with Crippen molar-refractivity contribution >= 4 is 17.7 Å². The summed E-state index contributed by atoms with van der Waals surface area (Å²) in [5.74, 6) is -0.352. The molecule has 0 spiro atoms. The van der Waals surface area contributed by atoms with Gasteiger partial charge in [0.1, 0.15) is 5.65 Å². The van der Waals surface area contributed by atoms with E-state index in [9.17, 15) is 4.79 Å². The first-order chi connectivity index (χ1) is 11.6. The predicted octanol–water partition coefficient (Wildman–Crippen LogP) is 4.19. The molecule has 0 saturated carbocycles. The molecule has 0 aliphatic carbocycles. The first-order valence-electron chi connectivity index (χ1n) is 7.99.